The van der Waals surface area contributed by atoms with Crippen molar-refractivity contribution >= 4 is 44.9 Å². The number of alkyl halides is 1. The SMILES string of the molecule is C[C@@H](Cl)[C@@H]1CN(C(=O)c2cc3cc(OCCN4CCOCC4)ccc3[nH]2)c2cc(O[C@@H]3OC(CO)[C@H](O)C(O)[C@@H]3O)c3ccccc3c21. The van der Waals surface area contributed by atoms with Crippen LogP contribution < -0.4 is 14.4 Å². The molecule has 4 heterocycles. The number of hydrogen-bond donors (Lipinski definition) is 5. The number of nitrogens with zero attached hydrogens (tertiary/aromatic N) is 2. The maximum absolute atomic E-state index is 14.2. The molecule has 1 amide bonds. The molecule has 2 fully saturated rings. The van der Waals surface area contributed by atoms with Crippen LogP contribution in [0.15, 0.2) is 54.6 Å². The number of H-pyrrole nitrogens is 1. The Balaban J connectivity index is 1.18. The Hall–Kier alpha value is -3.46. The second kappa shape index (κ2) is 13.8. The van der Waals surface area contributed by atoms with Gasteiger partial charge in [-0.15, -0.1) is 11.6 Å². The van der Waals surface area contributed by atoms with Gasteiger partial charge in [-0.05, 0) is 42.1 Å². The molecule has 5 N–H and O–H groups in total. The van der Waals surface area contributed by atoms with E-state index in [9.17, 15) is 25.2 Å². The molecule has 0 spiro atoms. The molecule has 2 saturated heterocycles. The molecule has 12 nitrogen and oxygen atoms in total. The molecule has 0 bridgehead atoms. The Morgan fingerprint density at radius 2 is 1.81 bits per heavy atom. The predicted molar refractivity (Wildman–Crippen MR) is 179 cm³/mol. The molecule has 3 aromatic carbocycles. The third kappa shape index (κ3) is 6.23. The lowest BCUT2D eigenvalue weighted by Crippen LogP contribution is -2.60. The van der Waals surface area contributed by atoms with E-state index in [1.54, 1.807) is 11.0 Å². The Bertz CT molecular complexity index is 1780. The highest BCUT2D eigenvalue weighted by molar-refractivity contribution is 6.22. The number of benzene rings is 3. The number of hydrogen-bond acceptors (Lipinski definition) is 10. The molecule has 2 unspecified atom stereocenters. The molecule has 1 aromatic heterocycles. The van der Waals surface area contributed by atoms with Gasteiger partial charge in [-0.25, -0.2) is 0 Å². The fourth-order valence-corrected chi connectivity index (χ4v) is 7.09. The average Bonchev–Trinajstić information content (AvgIpc) is 3.71. The summed E-state index contributed by atoms with van der Waals surface area (Å²) in [7, 11) is 0. The van der Waals surface area contributed by atoms with Crippen molar-refractivity contribution in [2.45, 2.75) is 48.9 Å². The number of aliphatic hydroxyl groups excluding tert-OH is 4. The molecule has 0 aliphatic carbocycles. The standard InChI is InChI=1S/C35H40ClN3O9/c1-19(36)24-17-39(34(44)26-15-20-14-21(6-7-25(20)37-26)46-13-10-38-8-11-45-12-9-38)27-16-28(22-4-2-3-5-23(22)30(24)27)47-35-33(43)32(42)31(41)29(18-40)48-35/h2-7,14-16,19,24,29,31-33,35,37,40-43H,8-13,17-18H2,1H3/t19-,24+,29?,31+,32?,33+,35-/m1/s1. The third-order valence-corrected chi connectivity index (χ3v) is 9.87. The summed E-state index contributed by atoms with van der Waals surface area (Å²) < 4.78 is 23.3. The predicted octanol–water partition coefficient (Wildman–Crippen LogP) is 2.58. The number of nitrogens with one attached hydrogen (secondary N) is 1. The van der Waals surface area contributed by atoms with Crippen LogP contribution in [0.2, 0.25) is 0 Å². The molecule has 3 aliphatic rings. The van der Waals surface area contributed by atoms with Gasteiger partial charge < -0.3 is 49.3 Å². The molecule has 48 heavy (non-hydrogen) atoms. The molecule has 0 saturated carbocycles. The van der Waals surface area contributed by atoms with Crippen molar-refractivity contribution in [2.75, 3.05) is 57.5 Å². The van der Waals surface area contributed by atoms with Crippen molar-refractivity contribution in [3.63, 3.8) is 0 Å². The smallest absolute Gasteiger partial charge is 0.274 e. The summed E-state index contributed by atoms with van der Waals surface area (Å²) in [6.45, 7) is 6.27. The van der Waals surface area contributed by atoms with Gasteiger partial charge in [0, 0.05) is 59.8 Å². The van der Waals surface area contributed by atoms with Gasteiger partial charge >= 0.3 is 0 Å². The summed E-state index contributed by atoms with van der Waals surface area (Å²) >= 11 is 6.75. The average molecular weight is 682 g/mol. The normalized spacial score (nSPS) is 26.9. The lowest BCUT2D eigenvalue weighted by molar-refractivity contribution is -0.277. The van der Waals surface area contributed by atoms with E-state index in [-0.39, 0.29) is 17.2 Å². The van der Waals surface area contributed by atoms with E-state index in [1.165, 1.54) is 0 Å². The first-order valence-electron chi connectivity index (χ1n) is 16.3. The Morgan fingerprint density at radius 1 is 1.04 bits per heavy atom. The Labute approximate surface area is 282 Å². The van der Waals surface area contributed by atoms with Crippen LogP contribution in [0.3, 0.4) is 0 Å². The lowest BCUT2D eigenvalue weighted by Gasteiger charge is -2.39. The zero-order chi connectivity index (χ0) is 33.5. The summed E-state index contributed by atoms with van der Waals surface area (Å²) in [5, 5.41) is 43.1. The number of carbonyl (C=O) groups is 1. The van der Waals surface area contributed by atoms with Gasteiger partial charge in [0.15, 0.2) is 0 Å². The second-order valence-electron chi connectivity index (χ2n) is 12.6. The van der Waals surface area contributed by atoms with E-state index >= 15 is 0 Å². The first-order chi connectivity index (χ1) is 23.2. The van der Waals surface area contributed by atoms with Crippen molar-refractivity contribution in [3.05, 3.63) is 65.9 Å². The minimum absolute atomic E-state index is 0.187. The van der Waals surface area contributed by atoms with Crippen molar-refractivity contribution < 1.29 is 44.2 Å². The molecular formula is C35H40ClN3O9. The van der Waals surface area contributed by atoms with E-state index in [1.807, 2.05) is 55.5 Å². The quantitative estimate of drug-likeness (QED) is 0.166. The second-order valence-corrected chi connectivity index (χ2v) is 13.3. The van der Waals surface area contributed by atoms with Gasteiger partial charge in [-0.3, -0.25) is 9.69 Å². The molecule has 13 heteroatoms. The van der Waals surface area contributed by atoms with E-state index in [4.69, 9.17) is 30.5 Å². The van der Waals surface area contributed by atoms with E-state index in [2.05, 4.69) is 9.88 Å². The molecule has 7 rings (SSSR count). The summed E-state index contributed by atoms with van der Waals surface area (Å²) in [6.07, 6.45) is -7.24. The number of halogens is 1. The van der Waals surface area contributed by atoms with Crippen LogP contribution in [0.25, 0.3) is 21.7 Å². The minimum atomic E-state index is -1.60. The molecule has 4 aromatic rings. The van der Waals surface area contributed by atoms with Gasteiger partial charge in [0.1, 0.15) is 48.2 Å². The van der Waals surface area contributed by atoms with E-state index in [0.717, 1.165) is 60.5 Å². The van der Waals surface area contributed by atoms with Crippen molar-refractivity contribution in [1.29, 1.82) is 0 Å². The largest absolute Gasteiger partial charge is 0.492 e. The number of fused-ring (bicyclic) bond motifs is 4. The van der Waals surface area contributed by atoms with Crippen LogP contribution in [0, 0.1) is 0 Å². The van der Waals surface area contributed by atoms with E-state index in [0.29, 0.717) is 35.7 Å². The first kappa shape index (κ1) is 33.1. The van der Waals surface area contributed by atoms with Gasteiger partial charge in [-0.1, -0.05) is 24.3 Å². The highest BCUT2D eigenvalue weighted by atomic mass is 35.5. The molecule has 256 valence electrons. The van der Waals surface area contributed by atoms with Gasteiger partial charge in [0.2, 0.25) is 6.29 Å². The van der Waals surface area contributed by atoms with Gasteiger partial charge in [0.25, 0.3) is 5.91 Å². The summed E-state index contributed by atoms with van der Waals surface area (Å²) in [5.41, 5.74) is 2.69. The molecule has 3 aliphatic heterocycles. The Morgan fingerprint density at radius 3 is 2.56 bits per heavy atom. The van der Waals surface area contributed by atoms with Crippen LogP contribution in [-0.4, -0.2) is 125 Å². The number of anilines is 1. The van der Waals surface area contributed by atoms with Gasteiger partial charge in [-0.2, -0.15) is 0 Å². The topological polar surface area (TPSA) is 157 Å². The summed E-state index contributed by atoms with van der Waals surface area (Å²) in [6, 6.07) is 16.8. The number of ether oxygens (including phenoxy) is 4. The van der Waals surface area contributed by atoms with E-state index < -0.39 is 37.3 Å². The monoisotopic (exact) mass is 681 g/mol. The summed E-state index contributed by atoms with van der Waals surface area (Å²) in [4.78, 5) is 21.5. The number of morpholine rings is 1. The fourth-order valence-electron chi connectivity index (χ4n) is 6.88. The van der Waals surface area contributed by atoms with Crippen molar-refractivity contribution in [1.82, 2.24) is 9.88 Å². The number of aliphatic hydroxyl groups is 4. The van der Waals surface area contributed by atoms with Crippen LogP contribution in [-0.2, 0) is 9.47 Å². The maximum atomic E-state index is 14.2. The van der Waals surface area contributed by atoms with Crippen molar-refractivity contribution in [2.24, 2.45) is 0 Å². The maximum Gasteiger partial charge on any atom is 0.274 e. The third-order valence-electron chi connectivity index (χ3n) is 9.56. The highest BCUT2D eigenvalue weighted by Crippen LogP contribution is 2.48. The number of aromatic nitrogens is 1. The van der Waals surface area contributed by atoms with Crippen LogP contribution >= 0.6 is 11.6 Å². The zero-order valence-corrected chi connectivity index (χ0v) is 27.3. The molecule has 0 radical (unpaired) electrons. The highest BCUT2D eigenvalue weighted by Gasteiger charge is 2.45. The lowest BCUT2D eigenvalue weighted by atomic mass is 9.92. The first-order valence-corrected chi connectivity index (χ1v) is 16.7. The molecule has 7 atom stereocenters. The summed E-state index contributed by atoms with van der Waals surface area (Å²) in [5.74, 6) is 0.575. The number of aromatic amines is 1. The fraction of sp³-hybridized carbons (Fsp3) is 0.457. The zero-order valence-electron chi connectivity index (χ0n) is 26.5. The van der Waals surface area contributed by atoms with Crippen LogP contribution in [0.5, 0.6) is 11.5 Å². The minimum Gasteiger partial charge on any atom is -0.492 e. The Kier molecular flexibility index (Phi) is 9.51. The number of amides is 1. The van der Waals surface area contributed by atoms with Gasteiger partial charge in [0.05, 0.1) is 25.5 Å². The number of carbonyl (C=O) groups excluding carboxylic acids is 1. The van der Waals surface area contributed by atoms with Crippen LogP contribution in [0.4, 0.5) is 5.69 Å². The van der Waals surface area contributed by atoms with Crippen molar-refractivity contribution in [3.8, 4) is 11.5 Å². The molecular weight excluding hydrogens is 642 g/mol. The number of rotatable bonds is 9. The van der Waals surface area contributed by atoms with Crippen LogP contribution in [0.1, 0.15) is 28.9 Å².